The second-order valence-electron chi connectivity index (χ2n) is 8.09. The molecule has 3 rings (SSSR count). The normalized spacial score (nSPS) is 24.5. The standard InChI is InChI=1S/C20H32N4O2/c1-15(25)22-10-17-12-24(13-18(17)19-11-21-14-23(19)2)20(26)9-16-7-5-3-4-6-8-16/h11,14,16-18H,3-10,12-13H2,1-2H3,(H,22,25)/t17-,18-/m1/s1. The lowest BCUT2D eigenvalue weighted by atomic mass is 9.93. The maximum absolute atomic E-state index is 12.9. The number of aryl methyl sites for hydroxylation is 1. The molecule has 6 nitrogen and oxygen atoms in total. The van der Waals surface area contributed by atoms with E-state index in [1.165, 1.54) is 38.5 Å². The lowest BCUT2D eigenvalue weighted by Gasteiger charge is -2.20. The first-order chi connectivity index (χ1) is 12.5. The topological polar surface area (TPSA) is 67.2 Å². The first-order valence-corrected chi connectivity index (χ1v) is 10.0. The van der Waals surface area contributed by atoms with E-state index in [-0.39, 0.29) is 23.7 Å². The van der Waals surface area contributed by atoms with Crippen molar-refractivity contribution < 1.29 is 9.59 Å². The predicted octanol–water partition coefficient (Wildman–Crippen LogP) is 2.46. The number of rotatable bonds is 5. The van der Waals surface area contributed by atoms with Crippen molar-refractivity contribution in [1.29, 1.82) is 0 Å². The second-order valence-corrected chi connectivity index (χ2v) is 8.09. The van der Waals surface area contributed by atoms with Crippen LogP contribution in [-0.4, -0.2) is 45.9 Å². The number of carbonyl (C=O) groups excluding carboxylic acids is 2. The Bertz CT molecular complexity index is 619. The number of nitrogens with zero attached hydrogens (tertiary/aromatic N) is 3. The number of aromatic nitrogens is 2. The first kappa shape index (κ1) is 18.9. The van der Waals surface area contributed by atoms with Gasteiger partial charge < -0.3 is 14.8 Å². The molecule has 144 valence electrons. The smallest absolute Gasteiger partial charge is 0.222 e. The van der Waals surface area contributed by atoms with E-state index in [1.807, 2.05) is 22.7 Å². The van der Waals surface area contributed by atoms with Gasteiger partial charge in [0.1, 0.15) is 0 Å². The molecule has 1 aromatic rings. The van der Waals surface area contributed by atoms with Gasteiger partial charge in [-0.1, -0.05) is 25.7 Å². The van der Waals surface area contributed by atoms with E-state index in [1.54, 1.807) is 13.3 Å². The molecule has 1 aliphatic heterocycles. The molecule has 0 radical (unpaired) electrons. The van der Waals surface area contributed by atoms with Crippen molar-refractivity contribution in [2.75, 3.05) is 19.6 Å². The van der Waals surface area contributed by atoms with Crippen molar-refractivity contribution in [2.24, 2.45) is 18.9 Å². The van der Waals surface area contributed by atoms with Crippen LogP contribution in [0, 0.1) is 11.8 Å². The molecule has 1 saturated heterocycles. The average Bonchev–Trinajstić information content (AvgIpc) is 3.12. The zero-order valence-corrected chi connectivity index (χ0v) is 16.1. The lowest BCUT2D eigenvalue weighted by molar-refractivity contribution is -0.131. The maximum Gasteiger partial charge on any atom is 0.222 e. The summed E-state index contributed by atoms with van der Waals surface area (Å²) in [5.41, 5.74) is 1.14. The molecule has 1 N–H and O–H groups in total. The van der Waals surface area contributed by atoms with Crippen LogP contribution in [0.3, 0.4) is 0 Å². The van der Waals surface area contributed by atoms with E-state index >= 15 is 0 Å². The van der Waals surface area contributed by atoms with Crippen molar-refractivity contribution in [2.45, 2.75) is 57.8 Å². The summed E-state index contributed by atoms with van der Waals surface area (Å²) >= 11 is 0. The third kappa shape index (κ3) is 4.65. The van der Waals surface area contributed by atoms with Gasteiger partial charge in [-0.25, -0.2) is 4.98 Å². The van der Waals surface area contributed by atoms with Gasteiger partial charge in [-0.05, 0) is 18.8 Å². The minimum absolute atomic E-state index is 0.0167. The van der Waals surface area contributed by atoms with Crippen LogP contribution in [0.25, 0.3) is 0 Å². The second kappa shape index (κ2) is 8.69. The van der Waals surface area contributed by atoms with Crippen LogP contribution in [-0.2, 0) is 16.6 Å². The quantitative estimate of drug-likeness (QED) is 0.820. The van der Waals surface area contributed by atoms with E-state index in [2.05, 4.69) is 10.3 Å². The Kier molecular flexibility index (Phi) is 6.33. The first-order valence-electron chi connectivity index (χ1n) is 10.0. The van der Waals surface area contributed by atoms with Crippen LogP contribution in [0.4, 0.5) is 0 Å². The van der Waals surface area contributed by atoms with E-state index in [0.717, 1.165) is 18.8 Å². The van der Waals surface area contributed by atoms with Crippen LogP contribution in [0.1, 0.15) is 63.5 Å². The van der Waals surface area contributed by atoms with Gasteiger partial charge in [-0.2, -0.15) is 0 Å². The Morgan fingerprint density at radius 3 is 2.54 bits per heavy atom. The molecule has 1 aromatic heterocycles. The molecule has 0 bridgehead atoms. The summed E-state index contributed by atoms with van der Waals surface area (Å²) in [6.07, 6.45) is 11.9. The Labute approximate surface area is 156 Å². The van der Waals surface area contributed by atoms with Gasteiger partial charge in [0.05, 0.1) is 6.33 Å². The summed E-state index contributed by atoms with van der Waals surface area (Å²) in [6.45, 7) is 3.61. The van der Waals surface area contributed by atoms with E-state index in [4.69, 9.17) is 0 Å². The van der Waals surface area contributed by atoms with Gasteiger partial charge in [-0.3, -0.25) is 9.59 Å². The number of nitrogens with one attached hydrogen (secondary N) is 1. The van der Waals surface area contributed by atoms with Gasteiger partial charge in [0, 0.05) is 63.8 Å². The summed E-state index contributed by atoms with van der Waals surface area (Å²) in [5, 5.41) is 2.94. The SMILES string of the molecule is CC(=O)NC[C@@H]1CN(C(=O)CC2CCCCCC2)C[C@H]1c1cncn1C. The molecule has 2 amide bonds. The van der Waals surface area contributed by atoms with Gasteiger partial charge in [0.15, 0.2) is 0 Å². The van der Waals surface area contributed by atoms with Crippen molar-refractivity contribution in [1.82, 2.24) is 19.8 Å². The molecular formula is C20H32N4O2. The zero-order chi connectivity index (χ0) is 18.5. The predicted molar refractivity (Wildman–Crippen MR) is 101 cm³/mol. The summed E-state index contributed by atoms with van der Waals surface area (Å²) in [5.74, 6) is 1.29. The number of likely N-dealkylation sites (tertiary alicyclic amines) is 1. The van der Waals surface area contributed by atoms with Crippen LogP contribution >= 0.6 is 0 Å². The molecule has 26 heavy (non-hydrogen) atoms. The summed E-state index contributed by atoms with van der Waals surface area (Å²) in [6, 6.07) is 0. The third-order valence-corrected chi connectivity index (χ3v) is 6.08. The highest BCUT2D eigenvalue weighted by atomic mass is 16.2. The highest BCUT2D eigenvalue weighted by molar-refractivity contribution is 5.77. The van der Waals surface area contributed by atoms with Crippen LogP contribution in [0.2, 0.25) is 0 Å². The Hall–Kier alpha value is -1.85. The Balaban J connectivity index is 1.65. The Morgan fingerprint density at radius 1 is 1.19 bits per heavy atom. The van der Waals surface area contributed by atoms with Crippen LogP contribution in [0.5, 0.6) is 0 Å². The minimum Gasteiger partial charge on any atom is -0.356 e. The molecule has 1 aliphatic carbocycles. The molecular weight excluding hydrogens is 328 g/mol. The van der Waals surface area contributed by atoms with Gasteiger partial charge in [0.25, 0.3) is 0 Å². The van der Waals surface area contributed by atoms with E-state index in [9.17, 15) is 9.59 Å². The Morgan fingerprint density at radius 2 is 1.92 bits per heavy atom. The average molecular weight is 361 g/mol. The fourth-order valence-corrected chi connectivity index (χ4v) is 4.56. The third-order valence-electron chi connectivity index (χ3n) is 6.08. The van der Waals surface area contributed by atoms with E-state index in [0.29, 0.717) is 18.9 Å². The number of hydrogen-bond acceptors (Lipinski definition) is 3. The number of amides is 2. The molecule has 2 fully saturated rings. The summed E-state index contributed by atoms with van der Waals surface area (Å²) in [7, 11) is 1.99. The molecule has 0 unspecified atom stereocenters. The highest BCUT2D eigenvalue weighted by Gasteiger charge is 2.37. The molecule has 2 aliphatic rings. The lowest BCUT2D eigenvalue weighted by Crippen LogP contribution is -2.33. The number of imidazole rings is 1. The zero-order valence-electron chi connectivity index (χ0n) is 16.1. The van der Waals surface area contributed by atoms with Crippen LogP contribution in [0.15, 0.2) is 12.5 Å². The van der Waals surface area contributed by atoms with Crippen LogP contribution < -0.4 is 5.32 Å². The molecule has 2 heterocycles. The largest absolute Gasteiger partial charge is 0.356 e. The maximum atomic E-state index is 12.9. The fraction of sp³-hybridized carbons (Fsp3) is 0.750. The number of hydrogen-bond donors (Lipinski definition) is 1. The van der Waals surface area contributed by atoms with Gasteiger partial charge >= 0.3 is 0 Å². The monoisotopic (exact) mass is 360 g/mol. The molecule has 2 atom stereocenters. The van der Waals surface area contributed by atoms with Gasteiger partial charge in [0.2, 0.25) is 11.8 Å². The van der Waals surface area contributed by atoms with Crippen molar-refractivity contribution in [3.05, 3.63) is 18.2 Å². The summed E-state index contributed by atoms with van der Waals surface area (Å²) in [4.78, 5) is 30.6. The molecule has 0 spiro atoms. The van der Waals surface area contributed by atoms with Gasteiger partial charge in [-0.15, -0.1) is 0 Å². The fourth-order valence-electron chi connectivity index (χ4n) is 4.56. The van der Waals surface area contributed by atoms with E-state index < -0.39 is 0 Å². The number of carbonyl (C=O) groups is 2. The van der Waals surface area contributed by atoms with Crippen molar-refractivity contribution in [3.63, 3.8) is 0 Å². The van der Waals surface area contributed by atoms with Crippen molar-refractivity contribution >= 4 is 11.8 Å². The van der Waals surface area contributed by atoms with Crippen molar-refractivity contribution in [3.8, 4) is 0 Å². The summed E-state index contributed by atoms with van der Waals surface area (Å²) < 4.78 is 2.03. The molecule has 6 heteroatoms. The molecule has 0 aromatic carbocycles. The molecule has 1 saturated carbocycles. The highest BCUT2D eigenvalue weighted by Crippen LogP contribution is 2.34. The minimum atomic E-state index is -0.0167.